The normalized spacial score (nSPS) is 16.7. The van der Waals surface area contributed by atoms with Gasteiger partial charge in [-0.1, -0.05) is 19.1 Å². The van der Waals surface area contributed by atoms with Gasteiger partial charge < -0.3 is 5.32 Å². The van der Waals surface area contributed by atoms with Gasteiger partial charge in [-0.25, -0.2) is 4.68 Å². The van der Waals surface area contributed by atoms with Crippen LogP contribution in [0.3, 0.4) is 0 Å². The van der Waals surface area contributed by atoms with Crippen LogP contribution >= 0.6 is 0 Å². The molecule has 94 valence electrons. The Morgan fingerprint density at radius 2 is 2.06 bits per heavy atom. The monoisotopic (exact) mass is 241 g/mol. The van der Waals surface area contributed by atoms with E-state index in [1.807, 2.05) is 16.9 Å². The number of rotatable bonds is 5. The molecule has 3 heteroatoms. The molecule has 18 heavy (non-hydrogen) atoms. The summed E-state index contributed by atoms with van der Waals surface area (Å²) < 4.78 is 1.88. The number of nitrogens with one attached hydrogen (secondary N) is 1. The molecule has 3 nitrogen and oxygen atoms in total. The molecule has 1 aliphatic rings. The van der Waals surface area contributed by atoms with Crippen molar-refractivity contribution in [2.45, 2.75) is 26.3 Å². The topological polar surface area (TPSA) is 29.9 Å². The third kappa shape index (κ3) is 2.62. The number of benzene rings is 1. The maximum atomic E-state index is 4.22. The van der Waals surface area contributed by atoms with Crippen molar-refractivity contribution in [1.29, 1.82) is 0 Å². The van der Waals surface area contributed by atoms with E-state index in [1.165, 1.54) is 18.4 Å². The Morgan fingerprint density at radius 3 is 2.67 bits per heavy atom. The van der Waals surface area contributed by atoms with Crippen molar-refractivity contribution in [3.8, 4) is 5.69 Å². The summed E-state index contributed by atoms with van der Waals surface area (Å²) in [6.07, 6.45) is 6.50. The molecule has 1 aromatic carbocycles. The molecular formula is C15H19N3. The second kappa shape index (κ2) is 4.58. The Labute approximate surface area is 108 Å². The van der Waals surface area contributed by atoms with Crippen molar-refractivity contribution in [2.24, 2.45) is 5.41 Å². The molecule has 1 aromatic heterocycles. The fourth-order valence-electron chi connectivity index (χ4n) is 2.09. The second-order valence-electron chi connectivity index (χ2n) is 5.53. The van der Waals surface area contributed by atoms with E-state index in [-0.39, 0.29) is 0 Å². The first kappa shape index (κ1) is 11.5. The molecule has 0 bridgehead atoms. The van der Waals surface area contributed by atoms with Gasteiger partial charge in [-0.15, -0.1) is 0 Å². The Morgan fingerprint density at radius 1 is 1.28 bits per heavy atom. The summed E-state index contributed by atoms with van der Waals surface area (Å²) in [5, 5.41) is 7.76. The highest BCUT2D eigenvalue weighted by molar-refractivity contribution is 5.33. The first-order valence-electron chi connectivity index (χ1n) is 6.55. The zero-order valence-corrected chi connectivity index (χ0v) is 10.8. The Hall–Kier alpha value is -1.61. The van der Waals surface area contributed by atoms with Gasteiger partial charge in [0.15, 0.2) is 0 Å². The zero-order valence-electron chi connectivity index (χ0n) is 10.8. The minimum Gasteiger partial charge on any atom is -0.312 e. The molecule has 1 saturated carbocycles. The third-order valence-corrected chi connectivity index (χ3v) is 3.69. The highest BCUT2D eigenvalue weighted by Crippen LogP contribution is 2.44. The maximum absolute atomic E-state index is 4.22. The van der Waals surface area contributed by atoms with Crippen LogP contribution in [0.1, 0.15) is 25.3 Å². The van der Waals surface area contributed by atoms with E-state index in [0.29, 0.717) is 5.41 Å². The van der Waals surface area contributed by atoms with Gasteiger partial charge >= 0.3 is 0 Å². The third-order valence-electron chi connectivity index (χ3n) is 3.69. The van der Waals surface area contributed by atoms with Gasteiger partial charge in [0.2, 0.25) is 0 Å². The summed E-state index contributed by atoms with van der Waals surface area (Å²) in [5.74, 6) is 0. The van der Waals surface area contributed by atoms with Gasteiger partial charge in [0.25, 0.3) is 0 Å². The minimum atomic E-state index is 0.578. The van der Waals surface area contributed by atoms with E-state index in [1.54, 1.807) is 6.20 Å². The molecule has 0 spiro atoms. The molecule has 1 heterocycles. The van der Waals surface area contributed by atoms with Crippen LogP contribution in [0.5, 0.6) is 0 Å². The molecule has 1 fully saturated rings. The second-order valence-corrected chi connectivity index (χ2v) is 5.53. The molecule has 0 atom stereocenters. The summed E-state index contributed by atoms with van der Waals surface area (Å²) >= 11 is 0. The van der Waals surface area contributed by atoms with E-state index in [2.05, 4.69) is 41.6 Å². The van der Waals surface area contributed by atoms with Gasteiger partial charge in [0.05, 0.1) is 5.69 Å². The van der Waals surface area contributed by atoms with E-state index in [4.69, 9.17) is 0 Å². The van der Waals surface area contributed by atoms with E-state index >= 15 is 0 Å². The van der Waals surface area contributed by atoms with Crippen molar-refractivity contribution in [1.82, 2.24) is 15.1 Å². The Balaban J connectivity index is 1.57. The minimum absolute atomic E-state index is 0.578. The van der Waals surface area contributed by atoms with Crippen LogP contribution < -0.4 is 5.32 Å². The molecule has 0 saturated heterocycles. The highest BCUT2D eigenvalue weighted by atomic mass is 15.3. The molecule has 3 rings (SSSR count). The van der Waals surface area contributed by atoms with Crippen LogP contribution in [-0.4, -0.2) is 16.3 Å². The van der Waals surface area contributed by atoms with Crippen molar-refractivity contribution >= 4 is 0 Å². The molecular weight excluding hydrogens is 222 g/mol. The lowest BCUT2D eigenvalue weighted by Gasteiger charge is -2.10. The number of aromatic nitrogens is 2. The molecule has 0 radical (unpaired) electrons. The van der Waals surface area contributed by atoms with Crippen molar-refractivity contribution < 1.29 is 0 Å². The molecule has 2 aromatic rings. The van der Waals surface area contributed by atoms with Gasteiger partial charge in [0.1, 0.15) is 0 Å². The standard InChI is InChI=1S/C15H19N3/c1-15(7-8-15)12-16-11-13-3-5-14(6-4-13)18-10-2-9-17-18/h2-6,9-10,16H,7-8,11-12H2,1H3. The van der Waals surface area contributed by atoms with Crippen LogP contribution in [0.25, 0.3) is 5.69 Å². The van der Waals surface area contributed by atoms with E-state index < -0.39 is 0 Å². The number of hydrogen-bond donors (Lipinski definition) is 1. The molecule has 1 aliphatic carbocycles. The predicted octanol–water partition coefficient (Wildman–Crippen LogP) is 2.76. The average molecular weight is 241 g/mol. The first-order chi connectivity index (χ1) is 8.75. The van der Waals surface area contributed by atoms with Crippen LogP contribution in [-0.2, 0) is 6.54 Å². The highest BCUT2D eigenvalue weighted by Gasteiger charge is 2.36. The summed E-state index contributed by atoms with van der Waals surface area (Å²) in [6.45, 7) is 4.43. The Bertz CT molecular complexity index is 495. The fraction of sp³-hybridized carbons (Fsp3) is 0.400. The maximum Gasteiger partial charge on any atom is 0.0645 e. The van der Waals surface area contributed by atoms with Gasteiger partial charge in [-0.05, 0) is 42.0 Å². The van der Waals surface area contributed by atoms with E-state index in [9.17, 15) is 0 Å². The van der Waals surface area contributed by atoms with Crippen LogP contribution in [0.15, 0.2) is 42.7 Å². The van der Waals surface area contributed by atoms with Gasteiger partial charge in [-0.3, -0.25) is 0 Å². The fourth-order valence-corrected chi connectivity index (χ4v) is 2.09. The first-order valence-corrected chi connectivity index (χ1v) is 6.55. The molecule has 0 unspecified atom stereocenters. The summed E-state index contributed by atoms with van der Waals surface area (Å²) in [4.78, 5) is 0. The molecule has 0 amide bonds. The lowest BCUT2D eigenvalue weighted by molar-refractivity contribution is 0.499. The largest absolute Gasteiger partial charge is 0.312 e. The van der Waals surface area contributed by atoms with Gasteiger partial charge in [0, 0.05) is 25.5 Å². The lowest BCUT2D eigenvalue weighted by atomic mass is 10.1. The SMILES string of the molecule is CC1(CNCc2ccc(-n3cccn3)cc2)CC1. The van der Waals surface area contributed by atoms with Crippen LogP contribution in [0, 0.1) is 5.41 Å². The van der Waals surface area contributed by atoms with Crippen molar-refractivity contribution in [3.63, 3.8) is 0 Å². The van der Waals surface area contributed by atoms with Gasteiger partial charge in [-0.2, -0.15) is 5.10 Å². The number of nitrogens with zero attached hydrogens (tertiary/aromatic N) is 2. The smallest absolute Gasteiger partial charge is 0.0645 e. The summed E-state index contributed by atoms with van der Waals surface area (Å²) in [7, 11) is 0. The van der Waals surface area contributed by atoms with Crippen LogP contribution in [0.4, 0.5) is 0 Å². The quantitative estimate of drug-likeness (QED) is 0.872. The average Bonchev–Trinajstić information content (AvgIpc) is 2.92. The number of hydrogen-bond acceptors (Lipinski definition) is 2. The van der Waals surface area contributed by atoms with Crippen molar-refractivity contribution in [2.75, 3.05) is 6.54 Å². The predicted molar refractivity (Wildman–Crippen MR) is 72.6 cm³/mol. The summed E-state index contributed by atoms with van der Waals surface area (Å²) in [5.41, 5.74) is 3.02. The zero-order chi connectivity index (χ0) is 12.4. The van der Waals surface area contributed by atoms with E-state index in [0.717, 1.165) is 18.8 Å². The van der Waals surface area contributed by atoms with Crippen molar-refractivity contribution in [3.05, 3.63) is 48.3 Å². The molecule has 1 N–H and O–H groups in total. The lowest BCUT2D eigenvalue weighted by Crippen LogP contribution is -2.21. The summed E-state index contributed by atoms with van der Waals surface area (Å²) in [6, 6.07) is 10.5. The van der Waals surface area contributed by atoms with Crippen LogP contribution in [0.2, 0.25) is 0 Å². The Kier molecular flexibility index (Phi) is 2.92. The molecule has 0 aliphatic heterocycles.